The van der Waals surface area contributed by atoms with E-state index < -0.39 is 5.54 Å². The summed E-state index contributed by atoms with van der Waals surface area (Å²) in [4.78, 5) is 23.1. The van der Waals surface area contributed by atoms with E-state index in [4.69, 9.17) is 10.00 Å². The van der Waals surface area contributed by atoms with Crippen LogP contribution in [0.1, 0.15) is 38.1 Å². The van der Waals surface area contributed by atoms with Gasteiger partial charge in [-0.05, 0) is 31.9 Å². The highest BCUT2D eigenvalue weighted by Crippen LogP contribution is 2.16. The molecule has 21 heavy (non-hydrogen) atoms. The predicted molar refractivity (Wildman–Crippen MR) is 78.9 cm³/mol. The Labute approximate surface area is 124 Å². The molecule has 0 unspecified atom stereocenters. The number of amides is 1. The number of benzene rings is 1. The SMILES string of the molecule is CC(=O)c1cccc(OCC(=O)N[C@](C)(C#N)C(C)C)c1. The third-order valence-corrected chi connectivity index (χ3v) is 3.40. The van der Waals surface area contributed by atoms with Crippen molar-refractivity contribution in [3.63, 3.8) is 0 Å². The Balaban J connectivity index is 2.64. The molecule has 0 aliphatic rings. The fourth-order valence-corrected chi connectivity index (χ4v) is 1.58. The maximum absolute atomic E-state index is 11.9. The quantitative estimate of drug-likeness (QED) is 0.815. The van der Waals surface area contributed by atoms with Crippen LogP contribution in [0, 0.1) is 17.2 Å². The van der Waals surface area contributed by atoms with E-state index in [1.165, 1.54) is 6.92 Å². The van der Waals surface area contributed by atoms with Crippen molar-refractivity contribution in [1.29, 1.82) is 5.26 Å². The van der Waals surface area contributed by atoms with Crippen molar-refractivity contribution in [2.75, 3.05) is 6.61 Å². The smallest absolute Gasteiger partial charge is 0.259 e. The molecule has 0 spiro atoms. The van der Waals surface area contributed by atoms with Crippen molar-refractivity contribution >= 4 is 11.7 Å². The van der Waals surface area contributed by atoms with Crippen LogP contribution in [0.5, 0.6) is 5.75 Å². The van der Waals surface area contributed by atoms with Crippen molar-refractivity contribution in [2.45, 2.75) is 33.2 Å². The Kier molecular flexibility index (Phi) is 5.48. The molecule has 0 heterocycles. The van der Waals surface area contributed by atoms with E-state index in [9.17, 15) is 9.59 Å². The van der Waals surface area contributed by atoms with Gasteiger partial charge in [-0.15, -0.1) is 0 Å². The Morgan fingerprint density at radius 2 is 2.10 bits per heavy atom. The first kappa shape index (κ1) is 16.7. The zero-order valence-corrected chi connectivity index (χ0v) is 12.8. The molecular formula is C16H20N2O3. The molecule has 112 valence electrons. The summed E-state index contributed by atoms with van der Waals surface area (Å²) in [5, 5.41) is 11.8. The summed E-state index contributed by atoms with van der Waals surface area (Å²) in [5.41, 5.74) is -0.404. The molecule has 1 aromatic carbocycles. The van der Waals surface area contributed by atoms with Crippen LogP contribution < -0.4 is 10.1 Å². The summed E-state index contributed by atoms with van der Waals surface area (Å²) in [5.74, 6) is -0.0173. The fourth-order valence-electron chi connectivity index (χ4n) is 1.58. The van der Waals surface area contributed by atoms with Crippen molar-refractivity contribution < 1.29 is 14.3 Å². The molecule has 1 N–H and O–H groups in total. The first-order valence-electron chi connectivity index (χ1n) is 6.74. The zero-order valence-electron chi connectivity index (χ0n) is 12.8. The highest BCUT2D eigenvalue weighted by molar-refractivity contribution is 5.94. The van der Waals surface area contributed by atoms with Gasteiger partial charge in [-0.3, -0.25) is 9.59 Å². The van der Waals surface area contributed by atoms with Gasteiger partial charge in [0, 0.05) is 5.56 Å². The lowest BCUT2D eigenvalue weighted by Gasteiger charge is -2.27. The molecule has 5 nitrogen and oxygen atoms in total. The van der Waals surface area contributed by atoms with Crippen LogP contribution >= 0.6 is 0 Å². The summed E-state index contributed by atoms with van der Waals surface area (Å²) < 4.78 is 5.36. The predicted octanol–water partition coefficient (Wildman–Crippen LogP) is 2.32. The molecule has 0 fully saturated rings. The minimum Gasteiger partial charge on any atom is -0.484 e. The Morgan fingerprint density at radius 3 is 2.62 bits per heavy atom. The van der Waals surface area contributed by atoms with Crippen LogP contribution in [0.4, 0.5) is 0 Å². The number of nitrogens with zero attached hydrogens (tertiary/aromatic N) is 1. The monoisotopic (exact) mass is 288 g/mol. The number of nitrogens with one attached hydrogen (secondary N) is 1. The van der Waals surface area contributed by atoms with Gasteiger partial charge in [0.1, 0.15) is 11.3 Å². The maximum atomic E-state index is 11.9. The molecule has 0 saturated heterocycles. The zero-order chi connectivity index (χ0) is 16.0. The maximum Gasteiger partial charge on any atom is 0.259 e. The van der Waals surface area contributed by atoms with Gasteiger partial charge in [0.05, 0.1) is 6.07 Å². The summed E-state index contributed by atoms with van der Waals surface area (Å²) >= 11 is 0. The lowest BCUT2D eigenvalue weighted by atomic mass is 9.90. The molecule has 0 radical (unpaired) electrons. The summed E-state index contributed by atoms with van der Waals surface area (Å²) in [7, 11) is 0. The van der Waals surface area contributed by atoms with Crippen LogP contribution in [-0.2, 0) is 4.79 Å². The molecule has 0 aliphatic heterocycles. The Hall–Kier alpha value is -2.35. The molecule has 5 heteroatoms. The number of carbonyl (C=O) groups is 2. The van der Waals surface area contributed by atoms with Crippen LogP contribution in [0.3, 0.4) is 0 Å². The Bertz CT molecular complexity index is 575. The molecule has 1 atom stereocenters. The van der Waals surface area contributed by atoms with Crippen molar-refractivity contribution in [2.24, 2.45) is 5.92 Å². The number of carbonyl (C=O) groups excluding carboxylic acids is 2. The van der Waals surface area contributed by atoms with Crippen LogP contribution in [-0.4, -0.2) is 23.8 Å². The summed E-state index contributed by atoms with van der Waals surface area (Å²) in [6.45, 7) is 6.66. The molecule has 0 saturated carbocycles. The van der Waals surface area contributed by atoms with Crippen LogP contribution in [0.25, 0.3) is 0 Å². The van der Waals surface area contributed by atoms with Crippen molar-refractivity contribution in [3.8, 4) is 11.8 Å². The van der Waals surface area contributed by atoms with Crippen molar-refractivity contribution in [1.82, 2.24) is 5.32 Å². The topological polar surface area (TPSA) is 79.2 Å². The fraction of sp³-hybridized carbons (Fsp3) is 0.438. The van der Waals surface area contributed by atoms with Gasteiger partial charge in [0.2, 0.25) is 0 Å². The van der Waals surface area contributed by atoms with E-state index in [1.807, 2.05) is 13.8 Å². The summed E-state index contributed by atoms with van der Waals surface area (Å²) in [6.07, 6.45) is 0. The third kappa shape index (κ3) is 4.60. The minimum atomic E-state index is -0.929. The standard InChI is InChI=1S/C16H20N2O3/c1-11(2)16(4,10-17)18-15(20)9-21-14-7-5-6-13(8-14)12(3)19/h5-8,11H,9H2,1-4H3,(H,18,20)/t16-/m1/s1. The highest BCUT2D eigenvalue weighted by Gasteiger charge is 2.29. The van der Waals surface area contributed by atoms with E-state index in [0.717, 1.165) is 0 Å². The lowest BCUT2D eigenvalue weighted by Crippen LogP contribution is -2.50. The first-order valence-corrected chi connectivity index (χ1v) is 6.74. The van der Waals surface area contributed by atoms with Crippen molar-refractivity contribution in [3.05, 3.63) is 29.8 Å². The van der Waals surface area contributed by atoms with Crippen LogP contribution in [0.15, 0.2) is 24.3 Å². The van der Waals surface area contributed by atoms with Gasteiger partial charge >= 0.3 is 0 Å². The van der Waals surface area contributed by atoms with E-state index in [2.05, 4.69) is 11.4 Å². The lowest BCUT2D eigenvalue weighted by molar-refractivity contribution is -0.124. The van der Waals surface area contributed by atoms with Gasteiger partial charge in [-0.1, -0.05) is 26.0 Å². The molecule has 0 bridgehead atoms. The van der Waals surface area contributed by atoms with E-state index in [0.29, 0.717) is 11.3 Å². The van der Waals surface area contributed by atoms with Gasteiger partial charge in [-0.25, -0.2) is 0 Å². The number of rotatable bonds is 6. The second-order valence-electron chi connectivity index (χ2n) is 5.39. The number of ketones is 1. The Morgan fingerprint density at radius 1 is 1.43 bits per heavy atom. The van der Waals surface area contributed by atoms with Gasteiger partial charge in [-0.2, -0.15) is 5.26 Å². The van der Waals surface area contributed by atoms with Gasteiger partial charge < -0.3 is 10.1 Å². The number of hydrogen-bond acceptors (Lipinski definition) is 4. The summed E-state index contributed by atoms with van der Waals surface area (Å²) in [6, 6.07) is 8.73. The first-order chi connectivity index (χ1) is 9.78. The number of nitriles is 1. The average Bonchev–Trinajstić information content (AvgIpc) is 2.45. The number of hydrogen-bond donors (Lipinski definition) is 1. The van der Waals surface area contributed by atoms with Gasteiger partial charge in [0.25, 0.3) is 5.91 Å². The highest BCUT2D eigenvalue weighted by atomic mass is 16.5. The molecule has 0 aromatic heterocycles. The largest absolute Gasteiger partial charge is 0.484 e. The average molecular weight is 288 g/mol. The minimum absolute atomic E-state index is 0.0208. The second kappa shape index (κ2) is 6.89. The van der Waals surface area contributed by atoms with Gasteiger partial charge in [0.15, 0.2) is 12.4 Å². The van der Waals surface area contributed by atoms with E-state index in [1.54, 1.807) is 31.2 Å². The molecular weight excluding hydrogens is 268 g/mol. The van der Waals surface area contributed by atoms with Crippen LogP contribution in [0.2, 0.25) is 0 Å². The second-order valence-corrected chi connectivity index (χ2v) is 5.39. The molecule has 1 aromatic rings. The normalized spacial score (nSPS) is 13.1. The molecule has 1 amide bonds. The van der Waals surface area contributed by atoms with E-state index in [-0.39, 0.29) is 24.2 Å². The molecule has 0 aliphatic carbocycles. The van der Waals surface area contributed by atoms with E-state index >= 15 is 0 Å². The number of Topliss-reactive ketones (excluding diaryl/α,β-unsaturated/α-hetero) is 1. The third-order valence-electron chi connectivity index (χ3n) is 3.40. The number of ether oxygens (including phenoxy) is 1. The molecule has 1 rings (SSSR count).